The lowest BCUT2D eigenvalue weighted by molar-refractivity contribution is -0.110. The van der Waals surface area contributed by atoms with Gasteiger partial charge in [0.05, 0.1) is 11.9 Å². The number of nitrogens with one attached hydrogen (secondary N) is 1. The molecular formula is C13H8BrN3OS. The second-order valence-electron chi connectivity index (χ2n) is 3.89. The summed E-state index contributed by atoms with van der Waals surface area (Å²) in [7, 11) is 0. The molecule has 1 aromatic heterocycles. The number of thiophene rings is 1. The average Bonchev–Trinajstić information content (AvgIpc) is 2.99. The number of nitrogens with zero attached hydrogens (tertiary/aromatic N) is 2. The number of anilines is 1. The molecule has 0 aliphatic carbocycles. The van der Waals surface area contributed by atoms with Gasteiger partial charge in [0.25, 0.3) is 5.91 Å². The maximum atomic E-state index is 11.8. The molecule has 0 radical (unpaired) electrons. The van der Waals surface area contributed by atoms with Crippen LogP contribution in [0.15, 0.2) is 49.7 Å². The van der Waals surface area contributed by atoms with Gasteiger partial charge in [0, 0.05) is 15.6 Å². The summed E-state index contributed by atoms with van der Waals surface area (Å²) in [5.41, 5.74) is 2.84. The number of hydrogen-bond acceptors (Lipinski definition) is 4. The zero-order valence-electron chi connectivity index (χ0n) is 9.63. The van der Waals surface area contributed by atoms with Gasteiger partial charge < -0.3 is 5.32 Å². The third kappa shape index (κ3) is 2.50. The fourth-order valence-electron chi connectivity index (χ4n) is 1.73. The van der Waals surface area contributed by atoms with Gasteiger partial charge in [-0.15, -0.1) is 5.10 Å². The van der Waals surface area contributed by atoms with Gasteiger partial charge >= 0.3 is 0 Å². The van der Waals surface area contributed by atoms with Crippen LogP contribution in [0.3, 0.4) is 0 Å². The van der Waals surface area contributed by atoms with Crippen molar-refractivity contribution >= 4 is 50.8 Å². The summed E-state index contributed by atoms with van der Waals surface area (Å²) in [6.07, 6.45) is 1.63. The molecule has 1 amide bonds. The molecule has 19 heavy (non-hydrogen) atoms. The second kappa shape index (κ2) is 5.07. The fraction of sp³-hybridized carbons (Fsp3) is 0. The molecule has 2 aromatic rings. The first-order valence-electron chi connectivity index (χ1n) is 5.48. The molecular weight excluding hydrogens is 326 g/mol. The monoisotopic (exact) mass is 333 g/mol. The van der Waals surface area contributed by atoms with E-state index in [1.807, 2.05) is 35.0 Å². The highest BCUT2D eigenvalue weighted by Crippen LogP contribution is 2.26. The normalized spacial score (nSPS) is 16.1. The lowest BCUT2D eigenvalue weighted by atomic mass is 10.1. The summed E-state index contributed by atoms with van der Waals surface area (Å²) in [6, 6.07) is 7.50. The molecule has 0 saturated heterocycles. The molecule has 1 N–H and O–H groups in total. The van der Waals surface area contributed by atoms with E-state index in [2.05, 4.69) is 31.4 Å². The third-order valence-corrected chi connectivity index (χ3v) is 3.80. The fourth-order valence-corrected chi connectivity index (χ4v) is 2.70. The Bertz CT molecular complexity index is 692. The van der Waals surface area contributed by atoms with Crippen molar-refractivity contribution in [2.24, 2.45) is 10.2 Å². The van der Waals surface area contributed by atoms with Crippen molar-refractivity contribution in [1.82, 2.24) is 0 Å². The second-order valence-corrected chi connectivity index (χ2v) is 5.59. The van der Waals surface area contributed by atoms with Crippen LogP contribution in [0.4, 0.5) is 5.69 Å². The van der Waals surface area contributed by atoms with E-state index in [9.17, 15) is 4.79 Å². The lowest BCUT2D eigenvalue weighted by Crippen LogP contribution is -2.13. The highest BCUT2D eigenvalue weighted by Gasteiger charge is 2.26. The molecule has 0 fully saturated rings. The van der Waals surface area contributed by atoms with Gasteiger partial charge in [-0.2, -0.15) is 16.4 Å². The maximum absolute atomic E-state index is 11.8. The van der Waals surface area contributed by atoms with Gasteiger partial charge in [-0.05, 0) is 35.0 Å². The Hall–Kier alpha value is -1.79. The van der Waals surface area contributed by atoms with Crippen LogP contribution in [0.25, 0.3) is 0 Å². The summed E-state index contributed by atoms with van der Waals surface area (Å²) in [6.45, 7) is 0. The number of fused-ring (bicyclic) bond motifs is 1. The third-order valence-electron chi connectivity index (χ3n) is 2.61. The molecule has 0 spiro atoms. The summed E-state index contributed by atoms with van der Waals surface area (Å²) in [4.78, 5) is 11.8. The van der Waals surface area contributed by atoms with Crippen LogP contribution in [0.5, 0.6) is 0 Å². The Balaban J connectivity index is 1.93. The maximum Gasteiger partial charge on any atom is 0.276 e. The van der Waals surface area contributed by atoms with E-state index >= 15 is 0 Å². The van der Waals surface area contributed by atoms with Crippen molar-refractivity contribution in [1.29, 1.82) is 0 Å². The van der Waals surface area contributed by atoms with Crippen molar-refractivity contribution in [2.75, 3.05) is 5.32 Å². The van der Waals surface area contributed by atoms with E-state index in [-0.39, 0.29) is 5.91 Å². The first-order chi connectivity index (χ1) is 9.24. The van der Waals surface area contributed by atoms with Crippen LogP contribution in [-0.4, -0.2) is 17.8 Å². The van der Waals surface area contributed by atoms with Crippen LogP contribution in [0.2, 0.25) is 0 Å². The van der Waals surface area contributed by atoms with Crippen LogP contribution in [0.1, 0.15) is 11.1 Å². The van der Waals surface area contributed by atoms with Gasteiger partial charge in [0.1, 0.15) is 0 Å². The van der Waals surface area contributed by atoms with Crippen molar-refractivity contribution in [2.45, 2.75) is 0 Å². The highest BCUT2D eigenvalue weighted by atomic mass is 79.9. The predicted octanol–water partition coefficient (Wildman–Crippen LogP) is 3.29. The largest absolute Gasteiger partial charge is 0.320 e. The predicted molar refractivity (Wildman–Crippen MR) is 81.2 cm³/mol. The number of carbonyl (C=O) groups excluding carboxylic acids is 1. The summed E-state index contributed by atoms with van der Waals surface area (Å²) in [5.74, 6) is -0.226. The number of hydrogen-bond donors (Lipinski definition) is 1. The van der Waals surface area contributed by atoms with Gasteiger partial charge in [-0.1, -0.05) is 15.9 Å². The molecule has 0 unspecified atom stereocenters. The van der Waals surface area contributed by atoms with E-state index in [1.165, 1.54) is 0 Å². The smallest absolute Gasteiger partial charge is 0.276 e. The van der Waals surface area contributed by atoms with Crippen molar-refractivity contribution in [3.8, 4) is 0 Å². The topological polar surface area (TPSA) is 53.8 Å². The number of amides is 1. The first kappa shape index (κ1) is 12.3. The van der Waals surface area contributed by atoms with Crippen molar-refractivity contribution in [3.63, 3.8) is 0 Å². The summed E-state index contributed by atoms with van der Waals surface area (Å²) >= 11 is 4.97. The van der Waals surface area contributed by atoms with Crippen LogP contribution in [0, 0.1) is 0 Å². The zero-order chi connectivity index (χ0) is 13.2. The van der Waals surface area contributed by atoms with E-state index < -0.39 is 0 Å². The van der Waals surface area contributed by atoms with Gasteiger partial charge in [0.15, 0.2) is 5.71 Å². The van der Waals surface area contributed by atoms with Crippen LogP contribution >= 0.6 is 27.3 Å². The van der Waals surface area contributed by atoms with Gasteiger partial charge in [0.2, 0.25) is 0 Å². The van der Waals surface area contributed by atoms with Crippen LogP contribution < -0.4 is 5.32 Å². The molecule has 1 aromatic carbocycles. The Kier molecular flexibility index (Phi) is 3.27. The highest BCUT2D eigenvalue weighted by molar-refractivity contribution is 9.10. The molecule has 3 rings (SSSR count). The Morgan fingerprint density at radius 1 is 1.32 bits per heavy atom. The van der Waals surface area contributed by atoms with Crippen LogP contribution in [-0.2, 0) is 4.79 Å². The Morgan fingerprint density at radius 3 is 3.00 bits per heavy atom. The van der Waals surface area contributed by atoms with E-state index in [0.717, 1.165) is 21.3 Å². The van der Waals surface area contributed by atoms with E-state index in [4.69, 9.17) is 0 Å². The number of halogens is 1. The molecule has 0 saturated carbocycles. The van der Waals surface area contributed by atoms with Crippen molar-refractivity contribution in [3.05, 3.63) is 50.6 Å². The summed E-state index contributed by atoms with van der Waals surface area (Å²) in [5, 5.41) is 14.7. The minimum atomic E-state index is -0.226. The zero-order valence-corrected chi connectivity index (χ0v) is 12.0. The lowest BCUT2D eigenvalue weighted by Gasteiger charge is -1.96. The molecule has 0 bridgehead atoms. The van der Waals surface area contributed by atoms with Crippen molar-refractivity contribution < 1.29 is 4.79 Å². The van der Waals surface area contributed by atoms with E-state index in [1.54, 1.807) is 17.6 Å². The molecule has 6 heteroatoms. The minimum absolute atomic E-state index is 0.226. The number of carbonyl (C=O) groups is 1. The Labute approximate surface area is 122 Å². The molecule has 94 valence electrons. The number of rotatable bonds is 2. The van der Waals surface area contributed by atoms with Gasteiger partial charge in [-0.25, -0.2) is 0 Å². The molecule has 1 aliphatic rings. The Morgan fingerprint density at radius 2 is 2.21 bits per heavy atom. The molecule has 1 aliphatic heterocycles. The molecule has 0 atom stereocenters. The minimum Gasteiger partial charge on any atom is -0.320 e. The quantitative estimate of drug-likeness (QED) is 0.665. The van der Waals surface area contributed by atoms with E-state index in [0.29, 0.717) is 5.71 Å². The molecule has 4 nitrogen and oxygen atoms in total. The standard InChI is InChI=1S/C13H8BrN3OS/c14-9-1-2-11-10(5-9)12(13(18)16-11)17-15-6-8-3-4-19-7-8/h1-7H,(H,16,17,18)/b15-6+. The van der Waals surface area contributed by atoms with Gasteiger partial charge in [-0.3, -0.25) is 4.79 Å². The summed E-state index contributed by atoms with van der Waals surface area (Å²) < 4.78 is 0.900. The SMILES string of the molecule is O=C1Nc2ccc(Br)cc2/C1=N/N=C/c1ccsc1. The number of benzene rings is 1. The first-order valence-corrected chi connectivity index (χ1v) is 7.22. The molecule has 2 heterocycles. The average molecular weight is 334 g/mol.